The monoisotopic (exact) mass is 833 g/mol. The standard InChI is InChI=1S/C24H15FNS.C14H16GeN.Ir/c1-15-9-10-26-22(11-15)17-7-8-18-20-13-21(25)19(16-5-3-2-4-6-16)14-24(20)27-23(18)12-17;1-15(2,3)13-9-10-14(16-11-13)12-7-5-4-6-8-12;/h2-6,8-14H,1H3;4-7,9-11H,1-3H3;/q2*-1;. The number of benzene rings is 4. The zero-order valence-corrected chi connectivity index (χ0v) is 30.3. The van der Waals surface area contributed by atoms with Gasteiger partial charge in [-0.3, -0.25) is 0 Å². The number of aryl methyl sites for hydroxylation is 1. The van der Waals surface area contributed by atoms with Gasteiger partial charge in [-0.25, -0.2) is 4.39 Å². The molecule has 0 amide bonds. The molecule has 0 fully saturated rings. The van der Waals surface area contributed by atoms with Crippen molar-refractivity contribution in [2.75, 3.05) is 0 Å². The van der Waals surface area contributed by atoms with Gasteiger partial charge in [-0.15, -0.1) is 23.8 Å². The summed E-state index contributed by atoms with van der Waals surface area (Å²) < 4.78 is 18.4. The van der Waals surface area contributed by atoms with Crippen molar-refractivity contribution in [2.24, 2.45) is 0 Å². The third-order valence-electron chi connectivity index (χ3n) is 7.38. The van der Waals surface area contributed by atoms with Gasteiger partial charge in [0.2, 0.25) is 0 Å². The molecule has 0 atom stereocenters. The van der Waals surface area contributed by atoms with E-state index in [1.165, 1.54) is 9.96 Å². The van der Waals surface area contributed by atoms with Crippen LogP contribution in [0.25, 0.3) is 53.8 Å². The number of hydrogen-bond acceptors (Lipinski definition) is 3. The van der Waals surface area contributed by atoms with Gasteiger partial charge in [-0.2, -0.15) is 11.3 Å². The molecule has 6 heteroatoms. The molecule has 0 aliphatic rings. The first-order chi connectivity index (χ1) is 20.8. The smallest absolute Gasteiger partial charge is 0 e. The first-order valence-corrected chi connectivity index (χ1v) is 22.4. The van der Waals surface area contributed by atoms with Gasteiger partial charge in [0.05, 0.1) is 0 Å². The maximum Gasteiger partial charge on any atom is 0 e. The number of rotatable bonds is 4. The second-order valence-corrected chi connectivity index (χ2v) is 23.3. The predicted octanol–water partition coefficient (Wildman–Crippen LogP) is 10.1. The Kier molecular flexibility index (Phi) is 9.91. The fourth-order valence-corrected chi connectivity index (χ4v) is 8.27. The van der Waals surface area contributed by atoms with Crippen molar-refractivity contribution in [3.8, 4) is 33.6 Å². The summed E-state index contributed by atoms with van der Waals surface area (Å²) in [5, 5.41) is 1.97. The van der Waals surface area contributed by atoms with Crippen LogP contribution in [0, 0.1) is 24.9 Å². The molecule has 1 radical (unpaired) electrons. The summed E-state index contributed by atoms with van der Waals surface area (Å²) in [4.78, 5) is 8.98. The Morgan fingerprint density at radius 3 is 2.18 bits per heavy atom. The molecule has 0 bridgehead atoms. The van der Waals surface area contributed by atoms with Gasteiger partial charge in [0.25, 0.3) is 0 Å². The summed E-state index contributed by atoms with van der Waals surface area (Å²) >= 11 is -0.0381. The molecule has 0 aliphatic heterocycles. The molecule has 4 aromatic carbocycles. The molecule has 44 heavy (non-hydrogen) atoms. The van der Waals surface area contributed by atoms with E-state index in [9.17, 15) is 4.39 Å². The second-order valence-electron chi connectivity index (χ2n) is 11.6. The van der Waals surface area contributed by atoms with Crippen LogP contribution in [0.4, 0.5) is 4.39 Å². The number of thiophene rings is 1. The van der Waals surface area contributed by atoms with Crippen LogP contribution < -0.4 is 4.40 Å². The zero-order valence-electron chi connectivity index (χ0n) is 25.0. The average Bonchev–Trinajstić information content (AvgIpc) is 3.38. The van der Waals surface area contributed by atoms with Crippen molar-refractivity contribution >= 4 is 49.2 Å². The summed E-state index contributed by atoms with van der Waals surface area (Å²) in [6, 6.07) is 40.2. The Balaban J connectivity index is 0.000000194. The molecule has 3 heterocycles. The molecule has 221 valence electrons. The summed E-state index contributed by atoms with van der Waals surface area (Å²) in [7, 11) is 0. The molecule has 2 nitrogen and oxygen atoms in total. The number of pyridine rings is 2. The Morgan fingerprint density at radius 2 is 1.50 bits per heavy atom. The van der Waals surface area contributed by atoms with Crippen LogP contribution in [0.2, 0.25) is 17.3 Å². The molecular weight excluding hydrogens is 800 g/mol. The fourth-order valence-electron chi connectivity index (χ4n) is 4.95. The molecule has 7 rings (SSSR count). The van der Waals surface area contributed by atoms with E-state index < -0.39 is 13.3 Å². The molecule has 0 saturated carbocycles. The Bertz CT molecular complexity index is 2020. The molecule has 0 unspecified atom stereocenters. The van der Waals surface area contributed by atoms with Crippen LogP contribution >= 0.6 is 11.3 Å². The fraction of sp³-hybridized carbons (Fsp3) is 0.105. The van der Waals surface area contributed by atoms with Crippen molar-refractivity contribution in [1.82, 2.24) is 9.97 Å². The summed E-state index contributed by atoms with van der Waals surface area (Å²) in [6.07, 6.45) is 3.85. The van der Waals surface area contributed by atoms with E-state index >= 15 is 0 Å². The van der Waals surface area contributed by atoms with Gasteiger partial charge in [0.15, 0.2) is 0 Å². The third kappa shape index (κ3) is 7.08. The summed E-state index contributed by atoms with van der Waals surface area (Å²) in [5.74, 6) is 6.94. The Hall–Kier alpha value is -3.48. The number of nitrogens with zero attached hydrogens (tertiary/aromatic N) is 2. The van der Waals surface area contributed by atoms with Crippen LogP contribution in [0.1, 0.15) is 5.56 Å². The van der Waals surface area contributed by atoms with Gasteiger partial charge in [-0.05, 0) is 46.5 Å². The van der Waals surface area contributed by atoms with E-state index in [4.69, 9.17) is 0 Å². The molecule has 0 spiro atoms. The van der Waals surface area contributed by atoms with Crippen molar-refractivity contribution in [3.05, 3.63) is 139 Å². The van der Waals surface area contributed by atoms with E-state index in [-0.39, 0.29) is 25.9 Å². The largest absolute Gasteiger partial charge is 0 e. The summed E-state index contributed by atoms with van der Waals surface area (Å²) in [6.45, 7) is 2.05. The SMILES string of the molecule is Cc1ccnc(-c2[c-]cc3c(c2)sc2cc(-c4ccccc4)c(F)cc23)c1.[CH3][Ge]([CH3])([CH3])[c]1ccc(-c2[c-]cccc2)nc1.[Ir]. The van der Waals surface area contributed by atoms with E-state index in [0.717, 1.165) is 48.3 Å². The predicted molar refractivity (Wildman–Crippen MR) is 183 cm³/mol. The minimum absolute atomic E-state index is 0. The van der Waals surface area contributed by atoms with Gasteiger partial charge >= 0.3 is 99.8 Å². The number of hydrogen-bond donors (Lipinski definition) is 0. The number of aromatic nitrogens is 2. The van der Waals surface area contributed by atoms with Crippen molar-refractivity contribution in [1.29, 1.82) is 0 Å². The van der Waals surface area contributed by atoms with Crippen LogP contribution in [0.3, 0.4) is 0 Å². The minimum Gasteiger partial charge on any atom is 0 e. The first-order valence-electron chi connectivity index (χ1n) is 14.3. The van der Waals surface area contributed by atoms with Gasteiger partial charge in [0.1, 0.15) is 5.82 Å². The van der Waals surface area contributed by atoms with Gasteiger partial charge in [-0.1, -0.05) is 47.3 Å². The van der Waals surface area contributed by atoms with E-state index in [1.54, 1.807) is 17.4 Å². The zero-order chi connectivity index (χ0) is 30.0. The minimum atomic E-state index is -1.72. The topological polar surface area (TPSA) is 25.8 Å². The van der Waals surface area contributed by atoms with Crippen LogP contribution in [-0.2, 0) is 20.1 Å². The van der Waals surface area contributed by atoms with Gasteiger partial charge < -0.3 is 4.98 Å². The number of fused-ring (bicyclic) bond motifs is 3. The second kappa shape index (κ2) is 13.7. The Labute approximate surface area is 278 Å². The molecule has 0 saturated heterocycles. The maximum atomic E-state index is 14.8. The van der Waals surface area contributed by atoms with Crippen LogP contribution in [0.15, 0.2) is 116 Å². The van der Waals surface area contributed by atoms with E-state index in [0.29, 0.717) is 5.56 Å². The average molecular weight is 832 g/mol. The first kappa shape index (κ1) is 31.9. The molecule has 0 N–H and O–H groups in total. The maximum absolute atomic E-state index is 14.8. The Morgan fingerprint density at radius 1 is 0.727 bits per heavy atom. The molecule has 0 aliphatic carbocycles. The van der Waals surface area contributed by atoms with E-state index in [1.807, 2.05) is 85.2 Å². The van der Waals surface area contributed by atoms with Crippen molar-refractivity contribution in [2.45, 2.75) is 24.2 Å². The summed E-state index contributed by atoms with van der Waals surface area (Å²) in [5.41, 5.74) is 6.64. The van der Waals surface area contributed by atoms with E-state index in [2.05, 4.69) is 70.6 Å². The third-order valence-corrected chi connectivity index (χ3v) is 12.8. The van der Waals surface area contributed by atoms with Crippen LogP contribution in [0.5, 0.6) is 0 Å². The normalized spacial score (nSPS) is 11.1. The molecule has 3 aromatic heterocycles. The van der Waals surface area contributed by atoms with Gasteiger partial charge in [0, 0.05) is 36.6 Å². The quantitative estimate of drug-likeness (QED) is 0.130. The number of halogens is 1. The van der Waals surface area contributed by atoms with Crippen molar-refractivity contribution in [3.63, 3.8) is 0 Å². The van der Waals surface area contributed by atoms with Crippen LogP contribution in [-0.4, -0.2) is 23.2 Å². The van der Waals surface area contributed by atoms with Crippen molar-refractivity contribution < 1.29 is 24.5 Å². The molecule has 7 aromatic rings. The molecular formula is C38H31FGeIrN2S-2.